The van der Waals surface area contributed by atoms with Crippen LogP contribution in [0.5, 0.6) is 5.75 Å². The Morgan fingerprint density at radius 2 is 1.90 bits per heavy atom. The quantitative estimate of drug-likeness (QED) is 0.436. The first kappa shape index (κ1) is 21.4. The van der Waals surface area contributed by atoms with E-state index in [9.17, 15) is 19.5 Å². The van der Waals surface area contributed by atoms with Gasteiger partial charge in [-0.2, -0.15) is 0 Å². The summed E-state index contributed by atoms with van der Waals surface area (Å²) >= 11 is 2.77. The molecule has 0 spiro atoms. The number of phenolic OH excluding ortho intramolecular Hbond substituents is 1. The highest BCUT2D eigenvalue weighted by Crippen LogP contribution is 2.33. The number of imide groups is 1. The van der Waals surface area contributed by atoms with Crippen molar-refractivity contribution < 1.29 is 19.5 Å². The summed E-state index contributed by atoms with van der Waals surface area (Å²) in [5.41, 5.74) is 2.45. The third-order valence-electron chi connectivity index (χ3n) is 4.31. The van der Waals surface area contributed by atoms with Gasteiger partial charge < -0.3 is 10.4 Å². The molecule has 0 aromatic heterocycles. The summed E-state index contributed by atoms with van der Waals surface area (Å²) in [4.78, 5) is 38.3. The molecule has 0 aliphatic carbocycles. The van der Waals surface area contributed by atoms with E-state index in [0.717, 1.165) is 22.2 Å². The topological polar surface area (TPSA) is 86.7 Å². The molecule has 0 radical (unpaired) electrons. The number of rotatable bonds is 5. The zero-order chi connectivity index (χ0) is 21.1. The van der Waals surface area contributed by atoms with Crippen molar-refractivity contribution in [2.75, 3.05) is 11.9 Å². The summed E-state index contributed by atoms with van der Waals surface area (Å²) in [7, 11) is 0. The minimum Gasteiger partial charge on any atom is -0.507 e. The number of carbonyl (C=O) groups is 3. The van der Waals surface area contributed by atoms with Crippen molar-refractivity contribution in [3.05, 3.63) is 62.1 Å². The molecule has 1 saturated heterocycles. The largest absolute Gasteiger partial charge is 0.507 e. The smallest absolute Gasteiger partial charge is 0.294 e. The maximum atomic E-state index is 12.6. The second-order valence-corrected chi connectivity index (χ2v) is 8.96. The molecule has 2 N–H and O–H groups in total. The lowest BCUT2D eigenvalue weighted by atomic mass is 10.0. The first-order chi connectivity index (χ1) is 13.7. The molecule has 0 saturated carbocycles. The highest BCUT2D eigenvalue weighted by atomic mass is 127. The molecule has 1 fully saturated rings. The SMILES string of the molecule is CC(C)c1ccc(NC(=O)CN2C(=O)S/C(=C\c3ccc(O)c(I)c3)C2=O)cc1. The van der Waals surface area contributed by atoms with Crippen molar-refractivity contribution in [1.29, 1.82) is 0 Å². The molecule has 0 bridgehead atoms. The molecule has 150 valence electrons. The summed E-state index contributed by atoms with van der Waals surface area (Å²) < 4.78 is 0.637. The van der Waals surface area contributed by atoms with E-state index in [1.807, 2.05) is 34.7 Å². The number of phenols is 1. The van der Waals surface area contributed by atoms with Crippen LogP contribution >= 0.6 is 34.4 Å². The Morgan fingerprint density at radius 3 is 2.52 bits per heavy atom. The van der Waals surface area contributed by atoms with Crippen LogP contribution in [0, 0.1) is 3.57 Å². The van der Waals surface area contributed by atoms with E-state index in [0.29, 0.717) is 20.7 Å². The first-order valence-electron chi connectivity index (χ1n) is 8.88. The molecule has 0 atom stereocenters. The molecule has 3 amide bonds. The molecule has 2 aromatic rings. The van der Waals surface area contributed by atoms with Gasteiger partial charge in [0.1, 0.15) is 12.3 Å². The summed E-state index contributed by atoms with van der Waals surface area (Å²) in [5.74, 6) is -0.411. The van der Waals surface area contributed by atoms with Gasteiger partial charge in [0.15, 0.2) is 0 Å². The Labute approximate surface area is 186 Å². The molecule has 6 nitrogen and oxygen atoms in total. The van der Waals surface area contributed by atoms with Crippen molar-refractivity contribution in [2.24, 2.45) is 0 Å². The third-order valence-corrected chi connectivity index (χ3v) is 6.08. The summed E-state index contributed by atoms with van der Waals surface area (Å²) in [6.07, 6.45) is 1.58. The van der Waals surface area contributed by atoms with Gasteiger partial charge in [0.25, 0.3) is 11.1 Å². The average Bonchev–Trinajstić information content (AvgIpc) is 2.92. The molecule has 8 heteroatoms. The Balaban J connectivity index is 1.67. The zero-order valence-electron chi connectivity index (χ0n) is 15.8. The molecular weight excluding hydrogens is 503 g/mol. The number of nitrogens with zero attached hydrogens (tertiary/aromatic N) is 1. The van der Waals surface area contributed by atoms with Crippen LogP contribution in [0.4, 0.5) is 10.5 Å². The fourth-order valence-electron chi connectivity index (χ4n) is 2.70. The standard InChI is InChI=1S/C21H19IN2O4S/c1-12(2)14-4-6-15(7-5-14)23-19(26)11-24-20(27)18(29-21(24)28)10-13-3-8-17(25)16(22)9-13/h3-10,12,25H,11H2,1-2H3,(H,23,26)/b18-10-. The van der Waals surface area contributed by atoms with E-state index in [4.69, 9.17) is 0 Å². The van der Waals surface area contributed by atoms with Crippen LogP contribution in [0.2, 0.25) is 0 Å². The molecule has 29 heavy (non-hydrogen) atoms. The molecule has 1 heterocycles. The lowest BCUT2D eigenvalue weighted by molar-refractivity contribution is -0.127. The van der Waals surface area contributed by atoms with E-state index in [2.05, 4.69) is 19.2 Å². The van der Waals surface area contributed by atoms with Crippen LogP contribution in [0.3, 0.4) is 0 Å². The summed E-state index contributed by atoms with van der Waals surface area (Å²) in [6, 6.07) is 12.3. The normalized spacial score (nSPS) is 15.4. The van der Waals surface area contributed by atoms with Crippen LogP contribution in [0.15, 0.2) is 47.4 Å². The zero-order valence-corrected chi connectivity index (χ0v) is 18.8. The maximum Gasteiger partial charge on any atom is 0.294 e. The van der Waals surface area contributed by atoms with Gasteiger partial charge in [-0.25, -0.2) is 0 Å². The average molecular weight is 522 g/mol. The number of anilines is 1. The van der Waals surface area contributed by atoms with Crippen LogP contribution < -0.4 is 5.32 Å². The van der Waals surface area contributed by atoms with E-state index in [1.54, 1.807) is 30.3 Å². The van der Waals surface area contributed by atoms with Crippen molar-refractivity contribution >= 4 is 63.2 Å². The Hall–Kier alpha value is -2.33. The van der Waals surface area contributed by atoms with Gasteiger partial charge in [-0.05, 0) is 81.7 Å². The highest BCUT2D eigenvalue weighted by molar-refractivity contribution is 14.1. The number of halogens is 1. The lowest BCUT2D eigenvalue weighted by Gasteiger charge is -2.13. The predicted molar refractivity (Wildman–Crippen MR) is 123 cm³/mol. The van der Waals surface area contributed by atoms with Gasteiger partial charge in [-0.1, -0.05) is 32.0 Å². The van der Waals surface area contributed by atoms with E-state index in [1.165, 1.54) is 6.07 Å². The van der Waals surface area contributed by atoms with Crippen LogP contribution in [0.25, 0.3) is 6.08 Å². The number of hydrogen-bond donors (Lipinski definition) is 2. The number of nitrogens with one attached hydrogen (secondary N) is 1. The number of benzene rings is 2. The van der Waals surface area contributed by atoms with Gasteiger partial charge in [0.05, 0.1) is 8.48 Å². The van der Waals surface area contributed by atoms with Crippen molar-refractivity contribution in [3.63, 3.8) is 0 Å². The van der Waals surface area contributed by atoms with Crippen molar-refractivity contribution in [3.8, 4) is 5.75 Å². The molecule has 1 aliphatic rings. The molecule has 2 aromatic carbocycles. The number of thioether (sulfide) groups is 1. The summed E-state index contributed by atoms with van der Waals surface area (Å²) in [5, 5.41) is 11.8. The number of carbonyl (C=O) groups excluding carboxylic acids is 3. The van der Waals surface area contributed by atoms with Crippen LogP contribution in [-0.4, -0.2) is 33.6 Å². The number of hydrogen-bond acceptors (Lipinski definition) is 5. The third kappa shape index (κ3) is 5.18. The van der Waals surface area contributed by atoms with Crippen molar-refractivity contribution in [1.82, 2.24) is 4.90 Å². The van der Waals surface area contributed by atoms with Crippen LogP contribution in [-0.2, 0) is 9.59 Å². The summed E-state index contributed by atoms with van der Waals surface area (Å²) in [6.45, 7) is 3.82. The van der Waals surface area contributed by atoms with Gasteiger partial charge in [-0.15, -0.1) is 0 Å². The van der Waals surface area contributed by atoms with Crippen molar-refractivity contribution in [2.45, 2.75) is 19.8 Å². The minimum absolute atomic E-state index is 0.147. The van der Waals surface area contributed by atoms with E-state index in [-0.39, 0.29) is 17.2 Å². The van der Waals surface area contributed by atoms with Gasteiger partial charge in [-0.3, -0.25) is 19.3 Å². The fourth-order valence-corrected chi connectivity index (χ4v) is 4.07. The second-order valence-electron chi connectivity index (χ2n) is 6.80. The van der Waals surface area contributed by atoms with Gasteiger partial charge in [0.2, 0.25) is 5.91 Å². The maximum absolute atomic E-state index is 12.6. The van der Waals surface area contributed by atoms with Gasteiger partial charge >= 0.3 is 0 Å². The predicted octanol–water partition coefficient (Wildman–Crippen LogP) is 4.80. The van der Waals surface area contributed by atoms with Crippen LogP contribution in [0.1, 0.15) is 30.9 Å². The monoisotopic (exact) mass is 522 g/mol. The Kier molecular flexibility index (Phi) is 6.63. The fraction of sp³-hybridized carbons (Fsp3) is 0.190. The molecule has 1 aliphatic heterocycles. The molecule has 0 unspecified atom stereocenters. The van der Waals surface area contributed by atoms with E-state index < -0.39 is 17.1 Å². The molecule has 3 rings (SSSR count). The number of amides is 3. The first-order valence-corrected chi connectivity index (χ1v) is 10.8. The molecular formula is C21H19IN2O4S. The highest BCUT2D eigenvalue weighted by Gasteiger charge is 2.36. The second kappa shape index (κ2) is 9.00. The number of aromatic hydroxyl groups is 1. The van der Waals surface area contributed by atoms with E-state index >= 15 is 0 Å². The Bertz CT molecular complexity index is 1000. The minimum atomic E-state index is -0.506. The van der Waals surface area contributed by atoms with Gasteiger partial charge in [0, 0.05) is 5.69 Å². The lowest BCUT2D eigenvalue weighted by Crippen LogP contribution is -2.36. The Morgan fingerprint density at radius 1 is 1.21 bits per heavy atom.